The van der Waals surface area contributed by atoms with E-state index in [9.17, 15) is 0 Å². The summed E-state index contributed by atoms with van der Waals surface area (Å²) >= 11 is 3.45. The van der Waals surface area contributed by atoms with Crippen LogP contribution in [0.1, 0.15) is 0 Å². The van der Waals surface area contributed by atoms with E-state index in [4.69, 9.17) is 0 Å². The molecule has 56 valence electrons. The first-order valence-corrected chi connectivity index (χ1v) is 4.46. The van der Waals surface area contributed by atoms with E-state index >= 15 is 0 Å². The fraction of sp³-hybridized carbons (Fsp3) is 0. The second-order valence-corrected chi connectivity index (χ2v) is 3.66. The zero-order valence-electron chi connectivity index (χ0n) is 5.66. The maximum atomic E-state index is 4.21. The molecule has 0 fully saturated rings. The third kappa shape index (κ3) is 1.09. The molecule has 0 aliphatic rings. The van der Waals surface area contributed by atoms with Gasteiger partial charge >= 0.3 is 0 Å². The van der Waals surface area contributed by atoms with Gasteiger partial charge in [0.2, 0.25) is 0 Å². The molecule has 1 unspecified atom stereocenters. The van der Waals surface area contributed by atoms with E-state index in [1.165, 1.54) is 0 Å². The van der Waals surface area contributed by atoms with Crippen LogP contribution in [0.25, 0.3) is 11.0 Å². The van der Waals surface area contributed by atoms with Crippen molar-refractivity contribution in [3.05, 3.63) is 29.0 Å². The van der Waals surface area contributed by atoms with Crippen molar-refractivity contribution in [3.63, 3.8) is 0 Å². The molecule has 0 saturated carbocycles. The molecule has 0 N–H and O–H groups in total. The largest absolute Gasteiger partial charge is 0.317 e. The van der Waals surface area contributed by atoms with Crippen LogP contribution in [0.5, 0.6) is 0 Å². The van der Waals surface area contributed by atoms with Crippen LogP contribution in [-0.4, -0.2) is 9.32 Å². The summed E-state index contributed by atoms with van der Waals surface area (Å²) < 4.78 is 3.00. The van der Waals surface area contributed by atoms with E-state index in [0.717, 1.165) is 15.5 Å². The Labute approximate surface area is 75.0 Å². The van der Waals surface area contributed by atoms with Gasteiger partial charge in [0.1, 0.15) is 5.65 Å². The van der Waals surface area contributed by atoms with Gasteiger partial charge in [0.15, 0.2) is 0 Å². The molecule has 0 bridgehead atoms. The highest BCUT2D eigenvalue weighted by atomic mass is 79.9. The predicted octanol–water partition coefficient (Wildman–Crippen LogP) is 2.44. The molecule has 1 atom stereocenters. The van der Waals surface area contributed by atoms with Gasteiger partial charge in [-0.25, -0.2) is 4.98 Å². The lowest BCUT2D eigenvalue weighted by atomic mass is 10.3. The fourth-order valence-electron chi connectivity index (χ4n) is 1.02. The highest BCUT2D eigenvalue weighted by molar-refractivity contribution is 9.10. The topological polar surface area (TPSA) is 17.8 Å². The summed E-state index contributed by atoms with van der Waals surface area (Å²) in [5.41, 5.74) is 0.976. The van der Waals surface area contributed by atoms with Crippen molar-refractivity contribution in [2.45, 2.75) is 0 Å². The molecule has 2 heterocycles. The first kappa shape index (κ1) is 7.26. The van der Waals surface area contributed by atoms with E-state index in [0.29, 0.717) is 0 Å². The minimum absolute atomic E-state index is 0.976. The predicted molar refractivity (Wildman–Crippen MR) is 52.5 cm³/mol. The molecule has 0 aliphatic heterocycles. The van der Waals surface area contributed by atoms with Crippen LogP contribution in [0.3, 0.4) is 0 Å². The number of rotatable bonds is 0. The molecular formula is C7H6BrN2P. The molecule has 0 aliphatic carbocycles. The van der Waals surface area contributed by atoms with Gasteiger partial charge in [-0.3, -0.25) is 0 Å². The number of hydrogen-bond acceptors (Lipinski definition) is 1. The molecule has 0 saturated heterocycles. The second kappa shape index (κ2) is 2.58. The maximum Gasteiger partial charge on any atom is 0.143 e. The van der Waals surface area contributed by atoms with Gasteiger partial charge < -0.3 is 4.34 Å². The molecular weight excluding hydrogens is 223 g/mol. The number of aromatic nitrogens is 2. The Kier molecular flexibility index (Phi) is 1.70. The van der Waals surface area contributed by atoms with Gasteiger partial charge in [-0.05, 0) is 37.5 Å². The maximum absolute atomic E-state index is 4.21. The summed E-state index contributed by atoms with van der Waals surface area (Å²) in [6, 6.07) is 3.96. The van der Waals surface area contributed by atoms with Crippen molar-refractivity contribution in [2.24, 2.45) is 0 Å². The van der Waals surface area contributed by atoms with Gasteiger partial charge in [-0.15, -0.1) is 0 Å². The minimum atomic E-state index is 0.976. The average Bonchev–Trinajstić information content (AvgIpc) is 2.35. The lowest BCUT2D eigenvalue weighted by Gasteiger charge is -1.94. The smallest absolute Gasteiger partial charge is 0.143 e. The Hall–Kier alpha value is -0.400. The molecule has 2 nitrogen and oxygen atoms in total. The molecule has 11 heavy (non-hydrogen) atoms. The van der Waals surface area contributed by atoms with Crippen LogP contribution in [-0.2, 0) is 0 Å². The zero-order valence-corrected chi connectivity index (χ0v) is 8.40. The Morgan fingerprint density at radius 3 is 3.00 bits per heavy atom. The van der Waals surface area contributed by atoms with Crippen molar-refractivity contribution in [2.75, 3.05) is 0 Å². The number of pyridine rings is 1. The summed E-state index contributed by atoms with van der Waals surface area (Å²) in [6.45, 7) is 0. The van der Waals surface area contributed by atoms with Crippen molar-refractivity contribution >= 4 is 36.4 Å². The number of nitrogens with zero attached hydrogens (tertiary/aromatic N) is 2. The van der Waals surface area contributed by atoms with Crippen LogP contribution >= 0.6 is 25.3 Å². The van der Waals surface area contributed by atoms with Crippen LogP contribution in [0, 0.1) is 0 Å². The van der Waals surface area contributed by atoms with Crippen LogP contribution < -0.4 is 0 Å². The SMILES string of the molecule is Pn1ccc2c(Br)ccnc21. The van der Waals surface area contributed by atoms with Crippen LogP contribution in [0.2, 0.25) is 0 Å². The summed E-state index contributed by atoms with van der Waals surface area (Å²) in [6.07, 6.45) is 3.75. The summed E-state index contributed by atoms with van der Waals surface area (Å²) in [4.78, 5) is 4.21. The van der Waals surface area contributed by atoms with E-state index in [1.54, 1.807) is 6.20 Å². The number of hydrogen-bond donors (Lipinski definition) is 0. The van der Waals surface area contributed by atoms with E-state index < -0.39 is 0 Å². The second-order valence-electron chi connectivity index (χ2n) is 2.25. The Balaban J connectivity index is 2.94. The third-order valence-electron chi connectivity index (χ3n) is 1.56. The third-order valence-corrected chi connectivity index (χ3v) is 2.67. The summed E-state index contributed by atoms with van der Waals surface area (Å²) in [7, 11) is 2.59. The van der Waals surface area contributed by atoms with E-state index in [-0.39, 0.29) is 0 Å². The molecule has 2 aromatic heterocycles. The monoisotopic (exact) mass is 228 g/mol. The molecule has 2 aromatic rings. The molecule has 0 aromatic carbocycles. The standard InChI is InChI=1S/C7H6BrN2P/c8-6-1-3-9-7-5(6)2-4-10(7)11/h1-4H,11H2. The highest BCUT2D eigenvalue weighted by Gasteiger charge is 2.00. The van der Waals surface area contributed by atoms with Crippen LogP contribution in [0.4, 0.5) is 0 Å². The lowest BCUT2D eigenvalue weighted by Crippen LogP contribution is -1.79. The van der Waals surface area contributed by atoms with Gasteiger partial charge in [0.05, 0.1) is 0 Å². The van der Waals surface area contributed by atoms with E-state index in [1.807, 2.05) is 22.7 Å². The molecule has 0 spiro atoms. The minimum Gasteiger partial charge on any atom is -0.317 e. The molecule has 0 amide bonds. The fourth-order valence-corrected chi connectivity index (χ4v) is 1.74. The normalized spacial score (nSPS) is 10.7. The van der Waals surface area contributed by atoms with Gasteiger partial charge in [-0.2, -0.15) is 0 Å². The van der Waals surface area contributed by atoms with Gasteiger partial charge in [0.25, 0.3) is 0 Å². The Bertz CT molecular complexity index is 396. The van der Waals surface area contributed by atoms with Gasteiger partial charge in [0, 0.05) is 22.3 Å². The molecule has 0 radical (unpaired) electrons. The zero-order chi connectivity index (χ0) is 7.84. The Morgan fingerprint density at radius 2 is 2.27 bits per heavy atom. The summed E-state index contributed by atoms with van der Waals surface area (Å²) in [5.74, 6) is 0. The quantitative estimate of drug-likeness (QED) is 0.634. The van der Waals surface area contributed by atoms with Crippen molar-refractivity contribution < 1.29 is 0 Å². The summed E-state index contributed by atoms with van der Waals surface area (Å²) in [5, 5.41) is 1.14. The average molecular weight is 229 g/mol. The van der Waals surface area contributed by atoms with Crippen molar-refractivity contribution in [1.82, 2.24) is 9.32 Å². The molecule has 2 rings (SSSR count). The highest BCUT2D eigenvalue weighted by Crippen LogP contribution is 2.23. The Morgan fingerprint density at radius 1 is 1.45 bits per heavy atom. The number of halogens is 1. The first-order chi connectivity index (χ1) is 5.29. The number of fused-ring (bicyclic) bond motifs is 1. The van der Waals surface area contributed by atoms with Gasteiger partial charge in [-0.1, -0.05) is 0 Å². The lowest BCUT2D eigenvalue weighted by molar-refractivity contribution is 1.26. The van der Waals surface area contributed by atoms with Crippen molar-refractivity contribution in [3.8, 4) is 0 Å². The molecule has 4 heteroatoms. The first-order valence-electron chi connectivity index (χ1n) is 3.15. The van der Waals surface area contributed by atoms with Crippen LogP contribution in [0.15, 0.2) is 29.0 Å². The van der Waals surface area contributed by atoms with E-state index in [2.05, 4.69) is 30.3 Å². The van der Waals surface area contributed by atoms with Crippen molar-refractivity contribution in [1.29, 1.82) is 0 Å².